The fraction of sp³-hybridized carbons (Fsp3) is 0.400. The number of rotatable bonds is 4. The van der Waals surface area contributed by atoms with Crippen molar-refractivity contribution in [1.82, 2.24) is 4.31 Å². The van der Waals surface area contributed by atoms with Gasteiger partial charge in [-0.3, -0.25) is 0 Å². The molecule has 2 heterocycles. The van der Waals surface area contributed by atoms with Crippen LogP contribution < -0.4 is 14.2 Å². The maximum Gasteiger partial charge on any atom is 0.243 e. The van der Waals surface area contributed by atoms with E-state index in [1.807, 2.05) is 18.2 Å². The molecule has 0 saturated carbocycles. The minimum Gasteiger partial charge on any atom is -0.497 e. The third-order valence-corrected chi connectivity index (χ3v) is 6.95. The van der Waals surface area contributed by atoms with Crippen molar-refractivity contribution >= 4 is 10.0 Å². The quantitative estimate of drug-likeness (QED) is 0.802. The summed E-state index contributed by atoms with van der Waals surface area (Å²) in [5.41, 5.74) is 0.939. The Morgan fingerprint density at radius 1 is 1.00 bits per heavy atom. The Kier molecular flexibility index (Phi) is 4.97. The first-order valence-corrected chi connectivity index (χ1v) is 10.6. The lowest BCUT2D eigenvalue weighted by Gasteiger charge is -2.25. The third kappa shape index (κ3) is 3.49. The second kappa shape index (κ2) is 7.40. The largest absolute Gasteiger partial charge is 0.497 e. The summed E-state index contributed by atoms with van der Waals surface area (Å²) in [7, 11) is -2.02. The maximum absolute atomic E-state index is 13.2. The molecule has 2 aromatic carbocycles. The molecule has 1 atom stereocenters. The third-order valence-electron chi connectivity index (χ3n) is 5.03. The average Bonchev–Trinajstić information content (AvgIpc) is 3.08. The molecular formula is C20H23NO5S. The summed E-state index contributed by atoms with van der Waals surface area (Å²) in [5, 5.41) is 0. The van der Waals surface area contributed by atoms with E-state index in [9.17, 15) is 8.42 Å². The number of ether oxygens (including phenoxy) is 3. The Labute approximate surface area is 159 Å². The lowest BCUT2D eigenvalue weighted by Crippen LogP contribution is -2.30. The van der Waals surface area contributed by atoms with E-state index < -0.39 is 10.0 Å². The van der Waals surface area contributed by atoms with Gasteiger partial charge in [0.2, 0.25) is 10.0 Å². The van der Waals surface area contributed by atoms with Crippen molar-refractivity contribution < 1.29 is 22.6 Å². The molecule has 1 fully saturated rings. The fourth-order valence-corrected chi connectivity index (χ4v) is 5.31. The fourth-order valence-electron chi connectivity index (χ4n) is 3.63. The van der Waals surface area contributed by atoms with Gasteiger partial charge in [0.25, 0.3) is 0 Å². The van der Waals surface area contributed by atoms with Crippen molar-refractivity contribution in [2.75, 3.05) is 26.9 Å². The molecule has 2 aliphatic rings. The highest BCUT2D eigenvalue weighted by molar-refractivity contribution is 7.89. The first-order valence-electron chi connectivity index (χ1n) is 9.15. The number of nitrogens with zero attached hydrogens (tertiary/aromatic N) is 1. The molecule has 0 radical (unpaired) electrons. The summed E-state index contributed by atoms with van der Waals surface area (Å²) in [6.45, 7) is 1.75. The molecule has 0 aromatic heterocycles. The molecule has 4 rings (SSSR count). The molecule has 2 aliphatic heterocycles. The van der Waals surface area contributed by atoms with E-state index in [0.29, 0.717) is 31.3 Å². The number of fused-ring (bicyclic) bond motifs is 1. The van der Waals surface area contributed by atoms with E-state index in [-0.39, 0.29) is 10.9 Å². The van der Waals surface area contributed by atoms with Crippen molar-refractivity contribution in [2.24, 2.45) is 0 Å². The van der Waals surface area contributed by atoms with Crippen LogP contribution >= 0.6 is 0 Å². The molecule has 27 heavy (non-hydrogen) atoms. The van der Waals surface area contributed by atoms with Crippen LogP contribution in [0.5, 0.6) is 17.2 Å². The van der Waals surface area contributed by atoms with Crippen molar-refractivity contribution in [2.45, 2.75) is 30.2 Å². The van der Waals surface area contributed by atoms with E-state index >= 15 is 0 Å². The molecule has 0 aliphatic carbocycles. The van der Waals surface area contributed by atoms with E-state index in [1.54, 1.807) is 35.7 Å². The zero-order valence-corrected chi connectivity index (χ0v) is 16.1. The van der Waals surface area contributed by atoms with Gasteiger partial charge in [0.05, 0.1) is 31.3 Å². The lowest BCUT2D eigenvalue weighted by molar-refractivity contribution is 0.296. The summed E-state index contributed by atoms with van der Waals surface area (Å²) >= 11 is 0. The number of methoxy groups -OCH3 is 1. The molecule has 0 unspecified atom stereocenters. The summed E-state index contributed by atoms with van der Waals surface area (Å²) < 4.78 is 44.6. The minimum absolute atomic E-state index is 0.200. The SMILES string of the molecule is COc1ccc(S(=O)(=O)N2CCC[C@H]2c2ccc3c(c2)OCCCO3)cc1. The van der Waals surface area contributed by atoms with Crippen molar-refractivity contribution in [3.8, 4) is 17.2 Å². The lowest BCUT2D eigenvalue weighted by atomic mass is 10.0. The highest BCUT2D eigenvalue weighted by Crippen LogP contribution is 2.40. The van der Waals surface area contributed by atoms with Crippen LogP contribution in [0.1, 0.15) is 30.9 Å². The summed E-state index contributed by atoms with van der Waals surface area (Å²) in [6, 6.07) is 12.1. The van der Waals surface area contributed by atoms with Crippen LogP contribution in [-0.4, -0.2) is 39.6 Å². The predicted molar refractivity (Wildman–Crippen MR) is 101 cm³/mol. The molecule has 0 N–H and O–H groups in total. The van der Waals surface area contributed by atoms with E-state index in [0.717, 1.165) is 30.6 Å². The van der Waals surface area contributed by atoms with Gasteiger partial charge in [-0.05, 0) is 54.8 Å². The Morgan fingerprint density at radius 2 is 1.74 bits per heavy atom. The number of benzene rings is 2. The van der Waals surface area contributed by atoms with Crippen LogP contribution in [0, 0.1) is 0 Å². The summed E-state index contributed by atoms with van der Waals surface area (Å²) in [4.78, 5) is 0.282. The Morgan fingerprint density at radius 3 is 2.48 bits per heavy atom. The van der Waals surface area contributed by atoms with Crippen LogP contribution in [0.2, 0.25) is 0 Å². The van der Waals surface area contributed by atoms with Gasteiger partial charge in [0.1, 0.15) is 5.75 Å². The van der Waals surface area contributed by atoms with Gasteiger partial charge in [-0.15, -0.1) is 0 Å². The van der Waals surface area contributed by atoms with Gasteiger partial charge in [0.15, 0.2) is 11.5 Å². The molecule has 1 saturated heterocycles. The first kappa shape index (κ1) is 18.1. The number of hydrogen-bond acceptors (Lipinski definition) is 5. The van der Waals surface area contributed by atoms with Crippen LogP contribution in [-0.2, 0) is 10.0 Å². The Hall–Kier alpha value is -2.25. The number of sulfonamides is 1. The van der Waals surface area contributed by atoms with Crippen LogP contribution in [0.4, 0.5) is 0 Å². The van der Waals surface area contributed by atoms with Gasteiger partial charge in [0, 0.05) is 13.0 Å². The van der Waals surface area contributed by atoms with Crippen molar-refractivity contribution in [1.29, 1.82) is 0 Å². The second-order valence-corrected chi connectivity index (χ2v) is 8.60. The summed E-state index contributed by atoms with van der Waals surface area (Å²) in [6.07, 6.45) is 2.45. The zero-order valence-electron chi connectivity index (χ0n) is 15.3. The second-order valence-electron chi connectivity index (χ2n) is 6.71. The van der Waals surface area contributed by atoms with Gasteiger partial charge in [-0.25, -0.2) is 8.42 Å². The van der Waals surface area contributed by atoms with Crippen LogP contribution in [0.15, 0.2) is 47.4 Å². The van der Waals surface area contributed by atoms with Gasteiger partial charge in [-0.1, -0.05) is 6.07 Å². The normalized spacial score (nSPS) is 20.3. The van der Waals surface area contributed by atoms with Gasteiger partial charge >= 0.3 is 0 Å². The molecular weight excluding hydrogens is 366 g/mol. The monoisotopic (exact) mass is 389 g/mol. The van der Waals surface area contributed by atoms with Crippen LogP contribution in [0.25, 0.3) is 0 Å². The van der Waals surface area contributed by atoms with Crippen molar-refractivity contribution in [3.05, 3.63) is 48.0 Å². The topological polar surface area (TPSA) is 65.1 Å². The van der Waals surface area contributed by atoms with Crippen molar-refractivity contribution in [3.63, 3.8) is 0 Å². The Balaban J connectivity index is 1.64. The van der Waals surface area contributed by atoms with Gasteiger partial charge in [-0.2, -0.15) is 4.31 Å². The Bertz CT molecular complexity index is 910. The highest BCUT2D eigenvalue weighted by atomic mass is 32.2. The van der Waals surface area contributed by atoms with Gasteiger partial charge < -0.3 is 14.2 Å². The zero-order chi connectivity index (χ0) is 18.9. The number of hydrogen-bond donors (Lipinski definition) is 0. The molecule has 144 valence electrons. The highest BCUT2D eigenvalue weighted by Gasteiger charge is 2.36. The average molecular weight is 389 g/mol. The first-order chi connectivity index (χ1) is 13.1. The standard InChI is InChI=1S/C20H23NO5S/c1-24-16-6-8-17(9-7-16)27(22,23)21-11-2-4-18(21)15-5-10-19-20(14-15)26-13-3-12-25-19/h5-10,14,18H,2-4,11-13H2,1H3/t18-/m0/s1. The van der Waals surface area contributed by atoms with E-state index in [2.05, 4.69) is 0 Å². The molecule has 2 aromatic rings. The molecule has 6 nitrogen and oxygen atoms in total. The minimum atomic E-state index is -3.58. The van der Waals surface area contributed by atoms with E-state index in [4.69, 9.17) is 14.2 Å². The molecule has 0 amide bonds. The predicted octanol–water partition coefficient (Wildman–Crippen LogP) is 3.38. The molecule has 0 spiro atoms. The smallest absolute Gasteiger partial charge is 0.243 e. The van der Waals surface area contributed by atoms with Crippen LogP contribution in [0.3, 0.4) is 0 Å². The molecule has 7 heteroatoms. The maximum atomic E-state index is 13.2. The summed E-state index contributed by atoms with van der Waals surface area (Å²) in [5.74, 6) is 2.05. The van der Waals surface area contributed by atoms with E-state index in [1.165, 1.54) is 0 Å². The molecule has 0 bridgehead atoms.